The van der Waals surface area contributed by atoms with E-state index in [0.29, 0.717) is 12.1 Å². The van der Waals surface area contributed by atoms with Crippen LogP contribution in [0.2, 0.25) is 0 Å². The van der Waals surface area contributed by atoms with Crippen molar-refractivity contribution in [2.45, 2.75) is 52.1 Å². The third kappa shape index (κ3) is 2.04. The summed E-state index contributed by atoms with van der Waals surface area (Å²) < 4.78 is 2.23. The molecule has 2 rings (SSSR count). The van der Waals surface area contributed by atoms with Gasteiger partial charge >= 0.3 is 0 Å². The first-order valence-corrected chi connectivity index (χ1v) is 5.74. The van der Waals surface area contributed by atoms with E-state index in [2.05, 4.69) is 28.6 Å². The van der Waals surface area contributed by atoms with Crippen LogP contribution in [-0.2, 0) is 6.42 Å². The van der Waals surface area contributed by atoms with Crippen molar-refractivity contribution in [3.05, 3.63) is 11.6 Å². The SMILES string of the molecule is Cc1nnc(CC2CC(N)C2)n1C(C)C. The molecule has 0 saturated heterocycles. The quantitative estimate of drug-likeness (QED) is 0.818. The van der Waals surface area contributed by atoms with Crippen LogP contribution < -0.4 is 5.73 Å². The van der Waals surface area contributed by atoms with Gasteiger partial charge in [0.25, 0.3) is 0 Å². The van der Waals surface area contributed by atoms with Crippen molar-refractivity contribution in [3.63, 3.8) is 0 Å². The molecular formula is C11H20N4. The van der Waals surface area contributed by atoms with Crippen molar-refractivity contribution < 1.29 is 0 Å². The molecule has 1 aromatic rings. The van der Waals surface area contributed by atoms with Crippen LogP contribution in [0.25, 0.3) is 0 Å². The maximum Gasteiger partial charge on any atom is 0.133 e. The van der Waals surface area contributed by atoms with Gasteiger partial charge in [-0.25, -0.2) is 0 Å². The van der Waals surface area contributed by atoms with Gasteiger partial charge in [-0.2, -0.15) is 0 Å². The van der Waals surface area contributed by atoms with Crippen LogP contribution in [0.15, 0.2) is 0 Å². The van der Waals surface area contributed by atoms with E-state index in [9.17, 15) is 0 Å². The Kier molecular flexibility index (Phi) is 2.78. The topological polar surface area (TPSA) is 56.7 Å². The largest absolute Gasteiger partial charge is 0.328 e. The molecule has 0 amide bonds. The van der Waals surface area contributed by atoms with E-state index in [1.165, 1.54) is 0 Å². The lowest BCUT2D eigenvalue weighted by Gasteiger charge is -2.32. The van der Waals surface area contributed by atoms with Crippen molar-refractivity contribution in [1.82, 2.24) is 14.8 Å². The lowest BCUT2D eigenvalue weighted by molar-refractivity contribution is 0.257. The molecular weight excluding hydrogens is 188 g/mol. The van der Waals surface area contributed by atoms with Gasteiger partial charge in [0, 0.05) is 18.5 Å². The predicted molar refractivity (Wildman–Crippen MR) is 59.5 cm³/mol. The van der Waals surface area contributed by atoms with Gasteiger partial charge in [-0.3, -0.25) is 0 Å². The van der Waals surface area contributed by atoms with Crippen LogP contribution in [-0.4, -0.2) is 20.8 Å². The van der Waals surface area contributed by atoms with Crippen LogP contribution in [0, 0.1) is 12.8 Å². The zero-order valence-electron chi connectivity index (χ0n) is 9.77. The molecule has 1 saturated carbocycles. The van der Waals surface area contributed by atoms with Crippen molar-refractivity contribution in [2.75, 3.05) is 0 Å². The predicted octanol–water partition coefficient (Wildman–Crippen LogP) is 1.45. The highest BCUT2D eigenvalue weighted by Crippen LogP contribution is 2.29. The third-order valence-electron chi connectivity index (χ3n) is 3.20. The van der Waals surface area contributed by atoms with E-state index < -0.39 is 0 Å². The normalized spacial score (nSPS) is 25.7. The number of hydrogen-bond acceptors (Lipinski definition) is 3. The molecule has 1 fully saturated rings. The molecule has 0 atom stereocenters. The zero-order valence-corrected chi connectivity index (χ0v) is 9.77. The van der Waals surface area contributed by atoms with Crippen LogP contribution >= 0.6 is 0 Å². The van der Waals surface area contributed by atoms with Gasteiger partial charge in [-0.1, -0.05) is 0 Å². The van der Waals surface area contributed by atoms with Crippen molar-refractivity contribution >= 4 is 0 Å². The van der Waals surface area contributed by atoms with Crippen molar-refractivity contribution in [1.29, 1.82) is 0 Å². The minimum Gasteiger partial charge on any atom is -0.328 e. The molecule has 84 valence electrons. The third-order valence-corrected chi connectivity index (χ3v) is 3.20. The Morgan fingerprint density at radius 2 is 2.07 bits per heavy atom. The molecule has 0 spiro atoms. The minimum absolute atomic E-state index is 0.423. The summed E-state index contributed by atoms with van der Waals surface area (Å²) in [6.07, 6.45) is 3.32. The average Bonchev–Trinajstić information content (AvgIpc) is 2.44. The molecule has 0 aromatic carbocycles. The van der Waals surface area contributed by atoms with E-state index in [4.69, 9.17) is 5.73 Å². The monoisotopic (exact) mass is 208 g/mol. The lowest BCUT2D eigenvalue weighted by Crippen LogP contribution is -2.37. The summed E-state index contributed by atoms with van der Waals surface area (Å²) in [4.78, 5) is 0. The van der Waals surface area contributed by atoms with Gasteiger partial charge in [0.1, 0.15) is 11.6 Å². The molecule has 2 N–H and O–H groups in total. The van der Waals surface area contributed by atoms with Crippen LogP contribution in [0.1, 0.15) is 44.4 Å². The minimum atomic E-state index is 0.423. The molecule has 0 bridgehead atoms. The highest BCUT2D eigenvalue weighted by Gasteiger charge is 2.28. The Morgan fingerprint density at radius 1 is 1.40 bits per heavy atom. The maximum absolute atomic E-state index is 5.78. The van der Waals surface area contributed by atoms with E-state index in [1.54, 1.807) is 0 Å². The molecule has 0 unspecified atom stereocenters. The molecule has 0 aliphatic heterocycles. The Balaban J connectivity index is 2.07. The van der Waals surface area contributed by atoms with E-state index >= 15 is 0 Å². The van der Waals surface area contributed by atoms with Crippen LogP contribution in [0.4, 0.5) is 0 Å². The van der Waals surface area contributed by atoms with Gasteiger partial charge in [0.05, 0.1) is 0 Å². The number of hydrogen-bond donors (Lipinski definition) is 1. The second kappa shape index (κ2) is 3.93. The highest BCUT2D eigenvalue weighted by molar-refractivity contribution is 4.99. The lowest BCUT2D eigenvalue weighted by atomic mass is 9.78. The van der Waals surface area contributed by atoms with Crippen LogP contribution in [0.5, 0.6) is 0 Å². The van der Waals surface area contributed by atoms with E-state index in [1.807, 2.05) is 6.92 Å². The van der Waals surface area contributed by atoms with Crippen LogP contribution in [0.3, 0.4) is 0 Å². The summed E-state index contributed by atoms with van der Waals surface area (Å²) in [5.74, 6) is 2.86. The molecule has 4 nitrogen and oxygen atoms in total. The Morgan fingerprint density at radius 3 is 2.60 bits per heavy atom. The number of nitrogens with two attached hydrogens (primary N) is 1. The van der Waals surface area contributed by atoms with Gasteiger partial charge in [-0.05, 0) is 39.5 Å². The zero-order chi connectivity index (χ0) is 11.0. The summed E-state index contributed by atoms with van der Waals surface area (Å²) in [6.45, 7) is 6.36. The molecule has 4 heteroatoms. The highest BCUT2D eigenvalue weighted by atomic mass is 15.3. The molecule has 0 radical (unpaired) electrons. The molecule has 1 aromatic heterocycles. The summed E-state index contributed by atoms with van der Waals surface area (Å²) >= 11 is 0. The first-order chi connectivity index (χ1) is 7.08. The second-order valence-corrected chi connectivity index (χ2v) is 4.93. The Hall–Kier alpha value is -0.900. The molecule has 1 heterocycles. The first kappa shape index (κ1) is 10.6. The number of nitrogens with zero attached hydrogens (tertiary/aromatic N) is 3. The summed E-state index contributed by atoms with van der Waals surface area (Å²) in [6, 6.07) is 0.871. The van der Waals surface area contributed by atoms with E-state index in [0.717, 1.165) is 36.8 Å². The number of rotatable bonds is 3. The van der Waals surface area contributed by atoms with Gasteiger partial charge in [-0.15, -0.1) is 10.2 Å². The standard InChI is InChI=1S/C11H20N4/c1-7(2)15-8(3)13-14-11(15)6-9-4-10(12)5-9/h7,9-10H,4-6,12H2,1-3H3. The number of aromatic nitrogens is 3. The maximum atomic E-state index is 5.78. The fraction of sp³-hybridized carbons (Fsp3) is 0.818. The smallest absolute Gasteiger partial charge is 0.133 e. The Bertz CT molecular complexity index is 336. The fourth-order valence-corrected chi connectivity index (χ4v) is 2.44. The van der Waals surface area contributed by atoms with Crippen molar-refractivity contribution in [2.24, 2.45) is 11.7 Å². The molecule has 15 heavy (non-hydrogen) atoms. The van der Waals surface area contributed by atoms with Gasteiger partial charge < -0.3 is 10.3 Å². The number of aryl methyl sites for hydroxylation is 1. The Labute approximate surface area is 90.9 Å². The summed E-state index contributed by atoms with van der Waals surface area (Å²) in [5.41, 5.74) is 5.78. The van der Waals surface area contributed by atoms with Gasteiger partial charge in [0.2, 0.25) is 0 Å². The fourth-order valence-electron chi connectivity index (χ4n) is 2.44. The average molecular weight is 208 g/mol. The molecule has 1 aliphatic carbocycles. The molecule has 1 aliphatic rings. The summed E-state index contributed by atoms with van der Waals surface area (Å²) in [7, 11) is 0. The van der Waals surface area contributed by atoms with Gasteiger partial charge in [0.15, 0.2) is 0 Å². The summed E-state index contributed by atoms with van der Waals surface area (Å²) in [5, 5.41) is 8.41. The van der Waals surface area contributed by atoms with Crippen molar-refractivity contribution in [3.8, 4) is 0 Å². The van der Waals surface area contributed by atoms with E-state index in [-0.39, 0.29) is 0 Å². The first-order valence-electron chi connectivity index (χ1n) is 5.74. The second-order valence-electron chi connectivity index (χ2n) is 4.93.